The summed E-state index contributed by atoms with van der Waals surface area (Å²) in [5.74, 6) is 0. The van der Waals surface area contributed by atoms with Crippen molar-refractivity contribution in [2.45, 2.75) is 6.18 Å². The van der Waals surface area contributed by atoms with E-state index in [0.29, 0.717) is 39.3 Å². The quantitative estimate of drug-likeness (QED) is 0.179. The Morgan fingerprint density at radius 1 is 0.467 bits per heavy atom. The highest BCUT2D eigenvalue weighted by atomic mass is 19.4. The first-order valence-electron chi connectivity index (χ1n) is 19.2. The van der Waals surface area contributed by atoms with Gasteiger partial charge in [0.25, 0.3) is 0 Å². The van der Waals surface area contributed by atoms with Gasteiger partial charge < -0.3 is 18.0 Å². The number of furan rings is 2. The summed E-state index contributed by atoms with van der Waals surface area (Å²) in [5, 5.41) is 29.2. The number of alkyl halides is 3. The van der Waals surface area contributed by atoms with Crippen molar-refractivity contribution in [1.29, 1.82) is 10.5 Å². The summed E-state index contributed by atoms with van der Waals surface area (Å²) in [6.07, 6.45) is -4.66. The summed E-state index contributed by atoms with van der Waals surface area (Å²) in [7, 11) is 0. The average molecular weight is 783 g/mol. The molecule has 0 radical (unpaired) electrons. The zero-order valence-corrected chi connectivity index (χ0v) is 31.2. The van der Waals surface area contributed by atoms with E-state index in [2.05, 4.69) is 18.2 Å². The Balaban J connectivity index is 1.29. The van der Waals surface area contributed by atoms with Crippen LogP contribution in [-0.2, 0) is 6.18 Å². The Bertz CT molecular complexity index is 3710. The molecule has 0 N–H and O–H groups in total. The minimum atomic E-state index is -4.66. The molecule has 4 aromatic heterocycles. The van der Waals surface area contributed by atoms with E-state index < -0.39 is 11.7 Å². The molecule has 0 aliphatic heterocycles. The topological polar surface area (TPSA) is 83.7 Å². The Kier molecular flexibility index (Phi) is 6.84. The van der Waals surface area contributed by atoms with Crippen molar-refractivity contribution in [2.75, 3.05) is 0 Å². The molecule has 0 saturated carbocycles. The minimum absolute atomic E-state index is 0.157. The van der Waals surface area contributed by atoms with Gasteiger partial charge in [0.2, 0.25) is 0 Å². The SMILES string of the molecule is N#Cc1cc(C(F)(F)F)ccc1-c1cc(-n2c3ccccc3c3ccc4c5ccccc5oc4c32)c(C#N)c(-n2c3ccccc3c3ccc4c5ccccc5oc4c32)c1. The lowest BCUT2D eigenvalue weighted by Crippen LogP contribution is -2.07. The van der Waals surface area contributed by atoms with Gasteiger partial charge in [-0.1, -0.05) is 91.0 Å². The van der Waals surface area contributed by atoms with Crippen molar-refractivity contribution >= 4 is 87.5 Å². The predicted octanol–water partition coefficient (Wildman–Crippen LogP) is 14.1. The third kappa shape index (κ3) is 4.57. The number of para-hydroxylation sites is 4. The van der Waals surface area contributed by atoms with Crippen molar-refractivity contribution in [3.8, 4) is 34.6 Å². The van der Waals surface area contributed by atoms with E-state index >= 15 is 0 Å². The number of benzene rings is 8. The molecule has 0 atom stereocenters. The molecule has 6 nitrogen and oxygen atoms in total. The first-order chi connectivity index (χ1) is 29.3. The summed E-state index contributed by atoms with van der Waals surface area (Å²) < 4.78 is 59.5. The number of nitrogens with zero attached hydrogens (tertiary/aromatic N) is 4. The molecule has 9 heteroatoms. The molecule has 0 fully saturated rings. The Labute approximate surface area is 337 Å². The highest BCUT2D eigenvalue weighted by molar-refractivity contribution is 6.23. The lowest BCUT2D eigenvalue weighted by atomic mass is 9.95. The number of rotatable bonds is 3. The van der Waals surface area contributed by atoms with E-state index in [1.165, 1.54) is 6.07 Å². The fraction of sp³-hybridized carbons (Fsp3) is 0.0196. The molecule has 0 aliphatic carbocycles. The third-order valence-electron chi connectivity index (χ3n) is 11.8. The summed E-state index contributed by atoms with van der Waals surface area (Å²) in [6.45, 7) is 0. The molecular formula is C51H25F3N4O2. The van der Waals surface area contributed by atoms with Crippen LogP contribution in [0.15, 0.2) is 160 Å². The van der Waals surface area contributed by atoms with Gasteiger partial charge >= 0.3 is 6.18 Å². The zero-order valence-electron chi connectivity index (χ0n) is 31.2. The van der Waals surface area contributed by atoms with Gasteiger partial charge in [-0.2, -0.15) is 23.7 Å². The van der Waals surface area contributed by atoms with Crippen LogP contribution in [0.1, 0.15) is 16.7 Å². The van der Waals surface area contributed by atoms with Crippen molar-refractivity contribution in [2.24, 2.45) is 0 Å². The van der Waals surface area contributed by atoms with Crippen LogP contribution in [-0.4, -0.2) is 9.13 Å². The number of aromatic nitrogens is 2. The lowest BCUT2D eigenvalue weighted by Gasteiger charge is -2.19. The van der Waals surface area contributed by atoms with Gasteiger partial charge in [0.05, 0.1) is 50.6 Å². The molecule has 0 unspecified atom stereocenters. The molecule has 8 aromatic carbocycles. The Hall–Kier alpha value is -8.27. The van der Waals surface area contributed by atoms with Crippen LogP contribution in [0, 0.1) is 22.7 Å². The maximum atomic E-state index is 14.1. The van der Waals surface area contributed by atoms with Crippen LogP contribution in [0.5, 0.6) is 0 Å². The second-order valence-electron chi connectivity index (χ2n) is 14.9. The molecule has 0 bridgehead atoms. The van der Waals surface area contributed by atoms with Gasteiger partial charge in [-0.05, 0) is 71.8 Å². The zero-order chi connectivity index (χ0) is 40.4. The van der Waals surface area contributed by atoms with Crippen LogP contribution in [0.25, 0.3) is 110 Å². The lowest BCUT2D eigenvalue weighted by molar-refractivity contribution is -0.137. The minimum Gasteiger partial charge on any atom is -0.454 e. The van der Waals surface area contributed by atoms with Crippen LogP contribution in [0.2, 0.25) is 0 Å². The molecule has 0 amide bonds. The van der Waals surface area contributed by atoms with Crippen LogP contribution in [0.3, 0.4) is 0 Å². The van der Waals surface area contributed by atoms with Crippen molar-refractivity contribution < 1.29 is 22.0 Å². The Morgan fingerprint density at radius 3 is 1.42 bits per heavy atom. The largest absolute Gasteiger partial charge is 0.454 e. The van der Waals surface area contributed by atoms with E-state index in [1.54, 1.807) is 12.1 Å². The van der Waals surface area contributed by atoms with Gasteiger partial charge in [0.1, 0.15) is 22.8 Å². The highest BCUT2D eigenvalue weighted by Gasteiger charge is 2.32. The monoisotopic (exact) mass is 782 g/mol. The van der Waals surface area contributed by atoms with E-state index in [4.69, 9.17) is 8.83 Å². The number of hydrogen-bond acceptors (Lipinski definition) is 4. The first-order valence-corrected chi connectivity index (χ1v) is 19.2. The molecule has 12 aromatic rings. The smallest absolute Gasteiger partial charge is 0.416 e. The second kappa shape index (κ2) is 12.1. The summed E-state index contributed by atoms with van der Waals surface area (Å²) in [6, 6.07) is 51.0. The number of nitriles is 2. The van der Waals surface area contributed by atoms with Crippen LogP contribution in [0.4, 0.5) is 13.2 Å². The molecule has 0 spiro atoms. The molecule has 60 heavy (non-hydrogen) atoms. The van der Waals surface area contributed by atoms with Crippen LogP contribution >= 0.6 is 0 Å². The normalized spacial score (nSPS) is 12.2. The first kappa shape index (κ1) is 33.8. The summed E-state index contributed by atoms with van der Waals surface area (Å²) in [5.41, 5.74) is 6.49. The maximum absolute atomic E-state index is 14.1. The van der Waals surface area contributed by atoms with Crippen molar-refractivity contribution in [3.63, 3.8) is 0 Å². The van der Waals surface area contributed by atoms with Gasteiger partial charge in [0, 0.05) is 43.1 Å². The second-order valence-corrected chi connectivity index (χ2v) is 14.9. The summed E-state index contributed by atoms with van der Waals surface area (Å²) in [4.78, 5) is 0. The average Bonchev–Trinajstić information content (AvgIpc) is 4.03. The standard InChI is InChI=1S/C51H25F3N4O2/c52-51(53,54)30-17-18-31(29(23-30)26-55)28-24-43(57-41-13-5-1-9-32(41)36-19-21-38-34-11-3-7-15-45(34)59-49(38)47(36)57)40(27-56)44(25-28)58-42-14-6-2-10-33(42)37-20-22-39-35-12-4-8-16-46(35)60-50(39)48(37)58/h1-25H. The van der Waals surface area contributed by atoms with E-state index in [9.17, 15) is 23.7 Å². The molecule has 12 rings (SSSR count). The third-order valence-corrected chi connectivity index (χ3v) is 11.8. The molecule has 0 aliphatic rings. The molecule has 4 heterocycles. The summed E-state index contributed by atoms with van der Waals surface area (Å²) >= 11 is 0. The molecule has 282 valence electrons. The van der Waals surface area contributed by atoms with E-state index in [1.807, 2.05) is 124 Å². The van der Waals surface area contributed by atoms with Gasteiger partial charge in [-0.3, -0.25) is 0 Å². The molecular weight excluding hydrogens is 758 g/mol. The van der Waals surface area contributed by atoms with Gasteiger partial charge in [0.15, 0.2) is 11.2 Å². The molecule has 0 saturated heterocycles. The van der Waals surface area contributed by atoms with Crippen molar-refractivity contribution in [3.05, 3.63) is 168 Å². The van der Waals surface area contributed by atoms with Crippen LogP contribution < -0.4 is 0 Å². The number of fused-ring (bicyclic) bond motifs is 14. The fourth-order valence-corrected chi connectivity index (χ4v) is 9.26. The highest BCUT2D eigenvalue weighted by Crippen LogP contribution is 2.46. The van der Waals surface area contributed by atoms with Gasteiger partial charge in [-0.15, -0.1) is 0 Å². The maximum Gasteiger partial charge on any atom is 0.416 e. The van der Waals surface area contributed by atoms with E-state index in [0.717, 1.165) is 77.3 Å². The number of hydrogen-bond donors (Lipinski definition) is 0. The Morgan fingerprint density at radius 2 is 0.933 bits per heavy atom. The van der Waals surface area contributed by atoms with Gasteiger partial charge in [-0.25, -0.2) is 0 Å². The number of halogens is 3. The van der Waals surface area contributed by atoms with Crippen molar-refractivity contribution in [1.82, 2.24) is 9.13 Å². The fourth-order valence-electron chi connectivity index (χ4n) is 9.26. The van der Waals surface area contributed by atoms with E-state index in [-0.39, 0.29) is 16.7 Å². The predicted molar refractivity (Wildman–Crippen MR) is 230 cm³/mol.